The number of nitro groups is 1. The molecule has 13 heavy (non-hydrogen) atoms. The van der Waals surface area contributed by atoms with Crippen LogP contribution in [0.25, 0.3) is 0 Å². The zero-order valence-corrected chi connectivity index (χ0v) is 6.73. The number of nitro benzene ring substituents is 1. The summed E-state index contributed by atoms with van der Waals surface area (Å²) in [5.74, 6) is 5.08. The zero-order chi connectivity index (χ0) is 9.84. The maximum Gasteiger partial charge on any atom is 0.277 e. The molecule has 0 heterocycles. The van der Waals surface area contributed by atoms with Crippen LogP contribution in [0.1, 0.15) is 5.56 Å². The molecule has 1 aromatic carbocycles. The van der Waals surface area contributed by atoms with Crippen LogP contribution in [0, 0.1) is 10.1 Å². The summed E-state index contributed by atoms with van der Waals surface area (Å²) in [7, 11) is 0. The molecule has 0 aliphatic carbocycles. The largest absolute Gasteiger partial charge is 0.391 e. The van der Waals surface area contributed by atoms with E-state index >= 15 is 0 Å². The summed E-state index contributed by atoms with van der Waals surface area (Å²) < 4.78 is 0. The number of nitrogens with two attached hydrogens (primary N) is 1. The predicted octanol–water partition coefficient (Wildman–Crippen LogP) is 0.373. The monoisotopic (exact) mass is 183 g/mol. The molecule has 4 N–H and O–H groups in total. The summed E-state index contributed by atoms with van der Waals surface area (Å²) >= 11 is 0. The van der Waals surface area contributed by atoms with Crippen LogP contribution in [0.2, 0.25) is 0 Å². The molecule has 6 nitrogen and oxygen atoms in total. The molecular weight excluding hydrogens is 174 g/mol. The topological polar surface area (TPSA) is 101 Å². The maximum atomic E-state index is 10.5. The van der Waals surface area contributed by atoms with Crippen LogP contribution in [0.15, 0.2) is 18.2 Å². The average molecular weight is 183 g/mol. The first-order chi connectivity index (χ1) is 6.19. The first-order valence-corrected chi connectivity index (χ1v) is 3.54. The summed E-state index contributed by atoms with van der Waals surface area (Å²) in [5.41, 5.74) is 2.85. The fourth-order valence-electron chi connectivity index (χ4n) is 0.957. The Kier molecular flexibility index (Phi) is 2.78. The maximum absolute atomic E-state index is 10.5. The highest BCUT2D eigenvalue weighted by Crippen LogP contribution is 2.22. The molecule has 1 aromatic rings. The Bertz CT molecular complexity index is 327. The van der Waals surface area contributed by atoms with Gasteiger partial charge in [-0.3, -0.25) is 16.0 Å². The van der Waals surface area contributed by atoms with Gasteiger partial charge in [0.05, 0.1) is 22.8 Å². The standard InChI is InChI=1S/C7H9N3O3/c8-9-6-2-1-5(4-11)7(3-6)10(12)13/h1-3,9,11H,4,8H2. The predicted molar refractivity (Wildman–Crippen MR) is 46.8 cm³/mol. The minimum atomic E-state index is -0.563. The van der Waals surface area contributed by atoms with Crippen LogP contribution in [0.4, 0.5) is 11.4 Å². The highest BCUT2D eigenvalue weighted by molar-refractivity contribution is 5.54. The second-order valence-corrected chi connectivity index (χ2v) is 2.40. The van der Waals surface area contributed by atoms with Crippen molar-refractivity contribution < 1.29 is 10.0 Å². The van der Waals surface area contributed by atoms with Crippen molar-refractivity contribution in [3.63, 3.8) is 0 Å². The van der Waals surface area contributed by atoms with E-state index in [2.05, 4.69) is 5.43 Å². The van der Waals surface area contributed by atoms with Gasteiger partial charge < -0.3 is 10.5 Å². The van der Waals surface area contributed by atoms with E-state index in [-0.39, 0.29) is 17.9 Å². The normalized spacial score (nSPS) is 9.69. The number of nitrogens with one attached hydrogen (secondary N) is 1. The molecule has 0 saturated carbocycles. The van der Waals surface area contributed by atoms with Crippen molar-refractivity contribution in [2.24, 2.45) is 5.84 Å². The van der Waals surface area contributed by atoms with E-state index in [1.165, 1.54) is 12.1 Å². The Labute approximate surface area is 74.1 Å². The number of aliphatic hydroxyl groups excluding tert-OH is 1. The van der Waals surface area contributed by atoms with Gasteiger partial charge in [0.15, 0.2) is 0 Å². The molecule has 0 aromatic heterocycles. The van der Waals surface area contributed by atoms with Gasteiger partial charge in [0, 0.05) is 6.07 Å². The molecule has 6 heteroatoms. The second kappa shape index (κ2) is 3.83. The number of hydrogen-bond acceptors (Lipinski definition) is 5. The fraction of sp³-hybridized carbons (Fsp3) is 0.143. The number of hydrazine groups is 1. The summed E-state index contributed by atoms with van der Waals surface area (Å²) in [6.45, 7) is -0.360. The van der Waals surface area contributed by atoms with Crippen LogP contribution < -0.4 is 11.3 Å². The molecule has 0 radical (unpaired) electrons. The van der Waals surface area contributed by atoms with Crippen LogP contribution in [-0.4, -0.2) is 10.0 Å². The Balaban J connectivity index is 3.18. The van der Waals surface area contributed by atoms with Crippen molar-refractivity contribution in [2.75, 3.05) is 5.43 Å². The van der Waals surface area contributed by atoms with E-state index in [4.69, 9.17) is 10.9 Å². The quantitative estimate of drug-likeness (QED) is 0.357. The number of nitrogen functional groups attached to an aromatic ring is 1. The summed E-state index contributed by atoms with van der Waals surface area (Å²) in [6, 6.07) is 4.28. The van der Waals surface area contributed by atoms with Crippen LogP contribution >= 0.6 is 0 Å². The van der Waals surface area contributed by atoms with Gasteiger partial charge in [-0.25, -0.2) is 0 Å². The summed E-state index contributed by atoms with van der Waals surface area (Å²) in [4.78, 5) is 9.91. The van der Waals surface area contributed by atoms with Crippen molar-refractivity contribution >= 4 is 11.4 Å². The number of rotatable bonds is 3. The van der Waals surface area contributed by atoms with E-state index in [1.54, 1.807) is 6.07 Å². The molecular formula is C7H9N3O3. The highest BCUT2D eigenvalue weighted by Gasteiger charge is 2.12. The molecule has 0 amide bonds. The second-order valence-electron chi connectivity index (χ2n) is 2.40. The zero-order valence-electron chi connectivity index (χ0n) is 6.73. The first kappa shape index (κ1) is 9.43. The van der Waals surface area contributed by atoms with Crippen LogP contribution in [-0.2, 0) is 6.61 Å². The average Bonchev–Trinajstić information content (AvgIpc) is 2.16. The van der Waals surface area contributed by atoms with E-state index in [1.807, 2.05) is 0 Å². The van der Waals surface area contributed by atoms with E-state index in [0.29, 0.717) is 5.69 Å². The van der Waals surface area contributed by atoms with Crippen molar-refractivity contribution in [1.82, 2.24) is 0 Å². The Morgan fingerprint density at radius 3 is 2.77 bits per heavy atom. The summed E-state index contributed by atoms with van der Waals surface area (Å²) in [6.07, 6.45) is 0. The lowest BCUT2D eigenvalue weighted by molar-refractivity contribution is -0.385. The lowest BCUT2D eigenvalue weighted by Gasteiger charge is -2.02. The molecule has 0 saturated heterocycles. The SMILES string of the molecule is NNc1ccc(CO)c([N+](=O)[O-])c1. The molecule has 70 valence electrons. The fourth-order valence-corrected chi connectivity index (χ4v) is 0.957. The molecule has 0 spiro atoms. The summed E-state index contributed by atoms with van der Waals surface area (Å²) in [5, 5.41) is 19.2. The first-order valence-electron chi connectivity index (χ1n) is 3.54. The molecule has 0 aliphatic rings. The molecule has 0 atom stereocenters. The van der Waals surface area contributed by atoms with Crippen molar-refractivity contribution in [3.05, 3.63) is 33.9 Å². The van der Waals surface area contributed by atoms with Gasteiger partial charge >= 0.3 is 0 Å². The van der Waals surface area contributed by atoms with Crippen LogP contribution in [0.3, 0.4) is 0 Å². The molecule has 0 fully saturated rings. The highest BCUT2D eigenvalue weighted by atomic mass is 16.6. The number of hydrogen-bond donors (Lipinski definition) is 3. The molecule has 0 unspecified atom stereocenters. The van der Waals surface area contributed by atoms with Crippen molar-refractivity contribution in [1.29, 1.82) is 0 Å². The van der Waals surface area contributed by atoms with Crippen molar-refractivity contribution in [3.8, 4) is 0 Å². The Hall–Kier alpha value is -1.66. The van der Waals surface area contributed by atoms with Gasteiger partial charge in [0.2, 0.25) is 0 Å². The number of nitrogens with zero attached hydrogens (tertiary/aromatic N) is 1. The Morgan fingerprint density at radius 1 is 1.62 bits per heavy atom. The van der Waals surface area contributed by atoms with Gasteiger partial charge in [0.25, 0.3) is 5.69 Å². The van der Waals surface area contributed by atoms with Gasteiger partial charge in [-0.2, -0.15) is 0 Å². The molecule has 0 aliphatic heterocycles. The third-order valence-electron chi connectivity index (χ3n) is 1.62. The van der Waals surface area contributed by atoms with Gasteiger partial charge in [-0.05, 0) is 12.1 Å². The third kappa shape index (κ3) is 1.92. The number of aliphatic hydroxyl groups is 1. The van der Waals surface area contributed by atoms with Gasteiger partial charge in [0.1, 0.15) is 0 Å². The lowest BCUT2D eigenvalue weighted by Crippen LogP contribution is -2.07. The van der Waals surface area contributed by atoms with Gasteiger partial charge in [-0.15, -0.1) is 0 Å². The molecule has 0 bridgehead atoms. The minimum Gasteiger partial charge on any atom is -0.391 e. The third-order valence-corrected chi connectivity index (χ3v) is 1.62. The molecule has 1 rings (SSSR count). The van der Waals surface area contributed by atoms with E-state index in [9.17, 15) is 10.1 Å². The van der Waals surface area contributed by atoms with E-state index < -0.39 is 4.92 Å². The van der Waals surface area contributed by atoms with Gasteiger partial charge in [-0.1, -0.05) is 0 Å². The number of anilines is 1. The van der Waals surface area contributed by atoms with Crippen LogP contribution in [0.5, 0.6) is 0 Å². The Morgan fingerprint density at radius 2 is 2.31 bits per heavy atom. The lowest BCUT2D eigenvalue weighted by atomic mass is 10.2. The smallest absolute Gasteiger partial charge is 0.277 e. The number of benzene rings is 1. The van der Waals surface area contributed by atoms with E-state index in [0.717, 1.165) is 0 Å². The van der Waals surface area contributed by atoms with Crippen molar-refractivity contribution in [2.45, 2.75) is 6.61 Å². The minimum absolute atomic E-state index is 0.141.